The zero-order chi connectivity index (χ0) is 24.6. The van der Waals surface area contributed by atoms with Crippen molar-refractivity contribution in [3.8, 4) is 11.1 Å². The van der Waals surface area contributed by atoms with E-state index in [0.717, 1.165) is 62.3 Å². The Morgan fingerprint density at radius 2 is 2.03 bits per heavy atom. The minimum atomic E-state index is -4.52. The summed E-state index contributed by atoms with van der Waals surface area (Å²) in [6.07, 6.45) is 2.59. The maximum absolute atomic E-state index is 14.2. The molecule has 0 amide bonds. The Hall–Kier alpha value is -2.85. The van der Waals surface area contributed by atoms with Crippen LogP contribution in [0.1, 0.15) is 36.8 Å². The molecule has 0 saturated carbocycles. The molecule has 1 fully saturated rings. The van der Waals surface area contributed by atoms with Crippen molar-refractivity contribution >= 4 is 11.5 Å². The summed E-state index contributed by atoms with van der Waals surface area (Å²) in [6.45, 7) is 3.29. The molecule has 0 spiro atoms. The third kappa shape index (κ3) is 4.95. The molecule has 0 radical (unpaired) electrons. The lowest BCUT2D eigenvalue weighted by Crippen LogP contribution is -2.44. The predicted molar refractivity (Wildman–Crippen MR) is 129 cm³/mol. The standard InChI is InChI=1S/C25H31F3N6O/c1-33-15-17(13-31-33)19-11-16-3-2-8-34(23(16)12-21(19)25(26,27)28)24(29)20-14-30-7-4-22(20)32-18-5-9-35-10-6-18/h11-13,15,18,29-30,32H,2-10,14H2,1H3. The number of ether oxygens (including phenoxy) is 1. The number of alkyl halides is 3. The van der Waals surface area contributed by atoms with Crippen molar-refractivity contribution in [2.24, 2.45) is 7.05 Å². The number of aromatic nitrogens is 2. The van der Waals surface area contributed by atoms with Crippen LogP contribution < -0.4 is 15.5 Å². The first-order valence-electron chi connectivity index (χ1n) is 12.2. The van der Waals surface area contributed by atoms with Crippen LogP contribution in [0.15, 0.2) is 35.8 Å². The van der Waals surface area contributed by atoms with Gasteiger partial charge in [-0.3, -0.25) is 10.1 Å². The van der Waals surface area contributed by atoms with Gasteiger partial charge in [0.2, 0.25) is 0 Å². The van der Waals surface area contributed by atoms with E-state index in [9.17, 15) is 13.2 Å². The summed E-state index contributed by atoms with van der Waals surface area (Å²) in [6, 6.07) is 3.17. The number of fused-ring (bicyclic) bond motifs is 1. The van der Waals surface area contributed by atoms with E-state index in [4.69, 9.17) is 10.1 Å². The Morgan fingerprint density at radius 1 is 1.23 bits per heavy atom. The van der Waals surface area contributed by atoms with E-state index < -0.39 is 11.7 Å². The molecule has 3 aliphatic rings. The normalized spacial score (nSPS) is 19.6. The van der Waals surface area contributed by atoms with Gasteiger partial charge < -0.3 is 20.3 Å². The predicted octanol–water partition coefficient (Wildman–Crippen LogP) is 3.85. The van der Waals surface area contributed by atoms with Gasteiger partial charge in [0.1, 0.15) is 5.84 Å². The smallest absolute Gasteiger partial charge is 0.385 e. The summed E-state index contributed by atoms with van der Waals surface area (Å²) in [5, 5.41) is 20.1. The van der Waals surface area contributed by atoms with Crippen LogP contribution in [0.3, 0.4) is 0 Å². The number of rotatable bonds is 4. The number of hydrogen-bond acceptors (Lipinski definition) is 5. The summed E-state index contributed by atoms with van der Waals surface area (Å²) in [7, 11) is 1.69. The second-order valence-corrected chi connectivity index (χ2v) is 9.45. The second kappa shape index (κ2) is 9.66. The third-order valence-corrected chi connectivity index (χ3v) is 7.03. The van der Waals surface area contributed by atoms with Gasteiger partial charge in [0, 0.05) is 81.1 Å². The molecular formula is C25H31F3N6O. The molecule has 35 heavy (non-hydrogen) atoms. The van der Waals surface area contributed by atoms with Gasteiger partial charge in [-0.2, -0.15) is 18.3 Å². The fourth-order valence-electron chi connectivity index (χ4n) is 5.22. The highest BCUT2D eigenvalue weighted by Crippen LogP contribution is 2.42. The van der Waals surface area contributed by atoms with Crippen LogP contribution in [-0.2, 0) is 24.4 Å². The Labute approximate surface area is 202 Å². The molecule has 0 atom stereocenters. The van der Waals surface area contributed by atoms with Gasteiger partial charge >= 0.3 is 6.18 Å². The van der Waals surface area contributed by atoms with Gasteiger partial charge in [0.25, 0.3) is 0 Å². The van der Waals surface area contributed by atoms with Crippen molar-refractivity contribution in [1.29, 1.82) is 5.41 Å². The first-order chi connectivity index (χ1) is 16.8. The third-order valence-electron chi connectivity index (χ3n) is 7.03. The summed E-state index contributed by atoms with van der Waals surface area (Å²) in [4.78, 5) is 1.76. The van der Waals surface area contributed by atoms with Crippen LogP contribution in [0.25, 0.3) is 11.1 Å². The highest BCUT2D eigenvalue weighted by Gasteiger charge is 2.37. The van der Waals surface area contributed by atoms with Gasteiger partial charge in [-0.1, -0.05) is 0 Å². The number of hydrogen-bond donors (Lipinski definition) is 3. The van der Waals surface area contributed by atoms with E-state index >= 15 is 0 Å². The summed E-state index contributed by atoms with van der Waals surface area (Å²) in [5.74, 6) is 0.273. The van der Waals surface area contributed by atoms with Gasteiger partial charge in [0.15, 0.2) is 0 Å². The van der Waals surface area contributed by atoms with E-state index in [2.05, 4.69) is 15.7 Å². The maximum atomic E-state index is 14.2. The summed E-state index contributed by atoms with van der Waals surface area (Å²) in [5.41, 5.74) is 3.05. The molecule has 1 saturated heterocycles. The number of nitrogens with zero attached hydrogens (tertiary/aromatic N) is 3. The minimum absolute atomic E-state index is 0.137. The molecule has 188 valence electrons. The van der Waals surface area contributed by atoms with E-state index in [-0.39, 0.29) is 11.4 Å². The first kappa shape index (κ1) is 23.9. The van der Waals surface area contributed by atoms with Crippen LogP contribution in [-0.4, -0.2) is 54.5 Å². The van der Waals surface area contributed by atoms with E-state index in [0.29, 0.717) is 36.8 Å². The molecule has 1 aromatic heterocycles. The van der Waals surface area contributed by atoms with Crippen molar-refractivity contribution < 1.29 is 17.9 Å². The SMILES string of the molecule is Cn1cc(-c2cc3c(cc2C(F)(F)F)N(C(=N)C2=C(NC4CCOCC4)CCNC2)CCC3)cn1. The highest BCUT2D eigenvalue weighted by atomic mass is 19.4. The van der Waals surface area contributed by atoms with Crippen molar-refractivity contribution in [3.63, 3.8) is 0 Å². The lowest BCUT2D eigenvalue weighted by atomic mass is 9.92. The van der Waals surface area contributed by atoms with Gasteiger partial charge in [-0.05, 0) is 48.9 Å². The molecule has 10 heteroatoms. The van der Waals surface area contributed by atoms with Crippen LogP contribution in [0.2, 0.25) is 0 Å². The Kier molecular flexibility index (Phi) is 6.59. The van der Waals surface area contributed by atoms with E-state index in [1.54, 1.807) is 24.2 Å². The molecule has 5 rings (SSSR count). The zero-order valence-electron chi connectivity index (χ0n) is 19.8. The lowest BCUT2D eigenvalue weighted by molar-refractivity contribution is -0.137. The minimum Gasteiger partial charge on any atom is -0.385 e. The molecular weight excluding hydrogens is 457 g/mol. The molecule has 4 heterocycles. The average molecular weight is 489 g/mol. The fraction of sp³-hybridized carbons (Fsp3) is 0.520. The molecule has 3 N–H and O–H groups in total. The number of aryl methyl sites for hydroxylation is 2. The molecule has 0 bridgehead atoms. The molecule has 1 aromatic carbocycles. The molecule has 2 aromatic rings. The van der Waals surface area contributed by atoms with E-state index in [1.807, 2.05) is 0 Å². The van der Waals surface area contributed by atoms with Gasteiger partial charge in [-0.15, -0.1) is 0 Å². The zero-order valence-corrected chi connectivity index (χ0v) is 19.8. The monoisotopic (exact) mass is 488 g/mol. The summed E-state index contributed by atoms with van der Waals surface area (Å²) < 4.78 is 49.5. The van der Waals surface area contributed by atoms with Gasteiger partial charge in [-0.25, -0.2) is 0 Å². The van der Waals surface area contributed by atoms with Crippen LogP contribution in [0.4, 0.5) is 18.9 Å². The van der Waals surface area contributed by atoms with Crippen molar-refractivity contribution in [3.05, 3.63) is 46.9 Å². The van der Waals surface area contributed by atoms with Crippen LogP contribution in [0, 0.1) is 5.41 Å². The maximum Gasteiger partial charge on any atom is 0.417 e. The Balaban J connectivity index is 1.52. The Morgan fingerprint density at radius 3 is 2.74 bits per heavy atom. The van der Waals surface area contributed by atoms with Crippen molar-refractivity contribution in [1.82, 2.24) is 20.4 Å². The van der Waals surface area contributed by atoms with Gasteiger partial charge in [0.05, 0.1) is 11.8 Å². The van der Waals surface area contributed by atoms with Crippen LogP contribution >= 0.6 is 0 Å². The largest absolute Gasteiger partial charge is 0.417 e. The van der Waals surface area contributed by atoms with Crippen LogP contribution in [0.5, 0.6) is 0 Å². The number of amidine groups is 1. The first-order valence-corrected chi connectivity index (χ1v) is 12.2. The molecule has 0 unspecified atom stereocenters. The fourth-order valence-corrected chi connectivity index (χ4v) is 5.22. The Bertz CT molecular complexity index is 1130. The van der Waals surface area contributed by atoms with E-state index in [1.165, 1.54) is 16.9 Å². The molecule has 7 nitrogen and oxygen atoms in total. The van der Waals surface area contributed by atoms with Crippen molar-refractivity contribution in [2.75, 3.05) is 37.7 Å². The quantitative estimate of drug-likeness (QED) is 0.450. The average Bonchev–Trinajstić information content (AvgIpc) is 3.29. The number of anilines is 1. The highest BCUT2D eigenvalue weighted by molar-refractivity contribution is 6.09. The topological polar surface area (TPSA) is 78.2 Å². The molecule has 3 aliphatic heterocycles. The number of nitrogens with one attached hydrogen (secondary N) is 3. The van der Waals surface area contributed by atoms with Crippen molar-refractivity contribution in [2.45, 2.75) is 44.3 Å². The summed E-state index contributed by atoms with van der Waals surface area (Å²) >= 11 is 0. The number of benzene rings is 1. The number of halogens is 3. The second-order valence-electron chi connectivity index (χ2n) is 9.45. The lowest BCUT2D eigenvalue weighted by Gasteiger charge is -2.36. The molecule has 0 aliphatic carbocycles.